The summed E-state index contributed by atoms with van der Waals surface area (Å²) in [7, 11) is -4.56. The third-order valence-corrected chi connectivity index (χ3v) is 10.8. The maximum atomic E-state index is 13.2. The van der Waals surface area contributed by atoms with Crippen LogP contribution in [0, 0.1) is 0 Å². The fraction of sp³-hybridized carbons (Fsp3) is 0.194. The number of sulfonamides is 2. The van der Waals surface area contributed by atoms with Gasteiger partial charge in [-0.25, -0.2) is 26.8 Å². The van der Waals surface area contributed by atoms with Crippen LogP contribution >= 0.6 is 0 Å². The van der Waals surface area contributed by atoms with Gasteiger partial charge in [0.1, 0.15) is 17.3 Å². The van der Waals surface area contributed by atoms with Crippen LogP contribution in [0.5, 0.6) is 11.6 Å². The van der Waals surface area contributed by atoms with E-state index in [1.54, 1.807) is 60.9 Å². The van der Waals surface area contributed by atoms with Gasteiger partial charge in [-0.2, -0.15) is 4.31 Å². The minimum absolute atomic E-state index is 0.116. The number of anilines is 2. The Morgan fingerprint density at radius 3 is 2.13 bits per heavy atom. The maximum Gasteiger partial charge on any atom is 0.262 e. The predicted molar refractivity (Wildman–Crippen MR) is 171 cm³/mol. The lowest BCUT2D eigenvalue weighted by Gasteiger charge is -2.34. The summed E-state index contributed by atoms with van der Waals surface area (Å²) < 4.78 is 66.9. The highest BCUT2D eigenvalue weighted by molar-refractivity contribution is 7.92. The van der Waals surface area contributed by atoms with Gasteiger partial charge in [-0.3, -0.25) is 9.71 Å². The molecule has 1 aliphatic rings. The van der Waals surface area contributed by atoms with E-state index in [4.69, 9.17) is 14.5 Å². The summed E-state index contributed by atoms with van der Waals surface area (Å²) in [6.45, 7) is 1.49. The molecule has 232 valence electrons. The normalized spacial score (nSPS) is 14.3. The molecule has 3 heterocycles. The van der Waals surface area contributed by atoms with E-state index >= 15 is 0 Å². The first-order valence-electron chi connectivity index (χ1n) is 14.0. The first-order chi connectivity index (χ1) is 21.7. The highest BCUT2D eigenvalue weighted by Gasteiger charge is 2.29. The second-order valence-corrected chi connectivity index (χ2v) is 13.8. The van der Waals surface area contributed by atoms with E-state index in [0.29, 0.717) is 54.3 Å². The van der Waals surface area contributed by atoms with Crippen LogP contribution in [0.1, 0.15) is 0 Å². The number of nitrogens with zero attached hydrogens (tertiary/aromatic N) is 5. The number of rotatable bonds is 9. The lowest BCUT2D eigenvalue weighted by atomic mass is 10.1. The molecule has 0 bridgehead atoms. The summed E-state index contributed by atoms with van der Waals surface area (Å²) in [5, 5.41) is 0. The van der Waals surface area contributed by atoms with Crippen molar-refractivity contribution in [3.63, 3.8) is 0 Å². The molecule has 0 unspecified atom stereocenters. The first kappa shape index (κ1) is 30.2. The van der Waals surface area contributed by atoms with Gasteiger partial charge in [0.15, 0.2) is 0 Å². The molecule has 6 rings (SSSR count). The van der Waals surface area contributed by atoms with E-state index in [-0.39, 0.29) is 21.4 Å². The molecule has 0 spiro atoms. The largest absolute Gasteiger partial charge is 0.497 e. The fourth-order valence-electron chi connectivity index (χ4n) is 5.04. The Labute approximate surface area is 261 Å². The molecule has 0 amide bonds. The van der Waals surface area contributed by atoms with Crippen LogP contribution in [0.15, 0.2) is 101 Å². The highest BCUT2D eigenvalue weighted by atomic mass is 32.2. The quantitative estimate of drug-likeness (QED) is 0.249. The second-order valence-electron chi connectivity index (χ2n) is 10.2. The van der Waals surface area contributed by atoms with Crippen molar-refractivity contribution in [3.05, 3.63) is 91.3 Å². The molecule has 12 nitrogen and oxygen atoms in total. The zero-order valence-corrected chi connectivity index (χ0v) is 26.1. The van der Waals surface area contributed by atoms with Crippen molar-refractivity contribution in [2.24, 2.45) is 0 Å². The number of benzene rings is 3. The lowest BCUT2D eigenvalue weighted by Crippen LogP contribution is -2.48. The van der Waals surface area contributed by atoms with E-state index in [1.807, 2.05) is 23.1 Å². The summed E-state index contributed by atoms with van der Waals surface area (Å²) in [5.74, 6) is 1.35. The number of piperazine rings is 1. The summed E-state index contributed by atoms with van der Waals surface area (Å²) in [5.41, 5.74) is 2.89. The molecular formula is C31H30N6O6S2. The van der Waals surface area contributed by atoms with E-state index in [2.05, 4.69) is 14.7 Å². The Morgan fingerprint density at radius 1 is 0.711 bits per heavy atom. The van der Waals surface area contributed by atoms with Gasteiger partial charge >= 0.3 is 0 Å². The Hall–Kier alpha value is -4.79. The van der Waals surface area contributed by atoms with Crippen LogP contribution in [0.2, 0.25) is 0 Å². The lowest BCUT2D eigenvalue weighted by molar-refractivity contribution is 0.383. The van der Waals surface area contributed by atoms with Crippen LogP contribution in [0.3, 0.4) is 0 Å². The number of aromatic nitrogens is 3. The van der Waals surface area contributed by atoms with Crippen molar-refractivity contribution < 1.29 is 26.3 Å². The minimum Gasteiger partial charge on any atom is -0.497 e. The molecule has 1 saturated heterocycles. The number of nitrogens with one attached hydrogen (secondary N) is 1. The average Bonchev–Trinajstić information content (AvgIpc) is 3.08. The van der Waals surface area contributed by atoms with Gasteiger partial charge in [0.05, 0.1) is 41.2 Å². The molecule has 3 aromatic carbocycles. The number of fused-ring (bicyclic) bond motifs is 1. The zero-order chi connectivity index (χ0) is 31.6. The number of methoxy groups -OCH3 is 2. The summed E-state index contributed by atoms with van der Waals surface area (Å²) in [4.78, 5) is 16.1. The summed E-state index contributed by atoms with van der Waals surface area (Å²) in [6, 6.07) is 21.6. The fourth-order valence-corrected chi connectivity index (χ4v) is 7.53. The predicted octanol–water partition coefficient (Wildman–Crippen LogP) is 4.02. The molecule has 1 aliphatic heterocycles. The van der Waals surface area contributed by atoms with Crippen molar-refractivity contribution in [2.45, 2.75) is 9.79 Å². The van der Waals surface area contributed by atoms with E-state index in [1.165, 1.54) is 30.7 Å². The van der Waals surface area contributed by atoms with Gasteiger partial charge < -0.3 is 14.4 Å². The van der Waals surface area contributed by atoms with Crippen LogP contribution < -0.4 is 19.1 Å². The Kier molecular flexibility index (Phi) is 8.27. The van der Waals surface area contributed by atoms with Crippen molar-refractivity contribution in [3.8, 4) is 22.8 Å². The molecule has 45 heavy (non-hydrogen) atoms. The third-order valence-electron chi connectivity index (χ3n) is 7.47. The van der Waals surface area contributed by atoms with Crippen LogP contribution in [-0.4, -0.2) is 76.5 Å². The Morgan fingerprint density at radius 2 is 1.44 bits per heavy atom. The third kappa shape index (κ3) is 6.25. The molecule has 5 aromatic rings. The van der Waals surface area contributed by atoms with Crippen LogP contribution in [0.25, 0.3) is 22.2 Å². The number of pyridine rings is 1. The van der Waals surface area contributed by atoms with Gasteiger partial charge in [-0.1, -0.05) is 24.3 Å². The molecule has 1 N–H and O–H groups in total. The smallest absolute Gasteiger partial charge is 0.262 e. The van der Waals surface area contributed by atoms with Crippen LogP contribution in [-0.2, 0) is 20.0 Å². The van der Waals surface area contributed by atoms with Gasteiger partial charge in [0.2, 0.25) is 15.9 Å². The van der Waals surface area contributed by atoms with Crippen molar-refractivity contribution in [1.82, 2.24) is 19.3 Å². The summed E-state index contributed by atoms with van der Waals surface area (Å²) >= 11 is 0. The Balaban J connectivity index is 1.22. The highest BCUT2D eigenvalue weighted by Crippen LogP contribution is 2.32. The van der Waals surface area contributed by atoms with Gasteiger partial charge in [0, 0.05) is 37.9 Å². The van der Waals surface area contributed by atoms with Gasteiger partial charge in [0.25, 0.3) is 10.0 Å². The molecule has 0 saturated carbocycles. The topological polar surface area (TPSA) is 144 Å². The number of hydrogen-bond donors (Lipinski definition) is 1. The SMILES string of the molecule is COc1ccc(S(=O)(=O)N2CCN(c3cnc4ccc(-c5cnc(OC)c(NS(=O)(=O)c6ccccc6)c5)cc4n3)CC2)cc1. The van der Waals surface area contributed by atoms with Crippen molar-refractivity contribution in [1.29, 1.82) is 0 Å². The van der Waals surface area contributed by atoms with E-state index < -0.39 is 20.0 Å². The van der Waals surface area contributed by atoms with Crippen LogP contribution in [0.4, 0.5) is 11.5 Å². The van der Waals surface area contributed by atoms with E-state index in [9.17, 15) is 16.8 Å². The molecule has 0 aliphatic carbocycles. The second kappa shape index (κ2) is 12.3. The zero-order valence-electron chi connectivity index (χ0n) is 24.5. The van der Waals surface area contributed by atoms with Crippen molar-refractivity contribution >= 4 is 42.6 Å². The maximum absolute atomic E-state index is 13.2. The van der Waals surface area contributed by atoms with E-state index in [0.717, 1.165) is 5.56 Å². The molecule has 1 fully saturated rings. The number of hydrogen-bond acceptors (Lipinski definition) is 10. The van der Waals surface area contributed by atoms with Gasteiger partial charge in [-0.05, 0) is 60.2 Å². The number of ether oxygens (including phenoxy) is 2. The standard InChI is InChI=1S/C31H30N6O6S2/c1-42-24-9-11-26(12-10-24)45(40,41)37-16-14-36(15-17-37)30-21-32-27-13-8-22(18-28(27)34-30)23-19-29(31(43-2)33-20-23)35-44(38,39)25-6-4-3-5-7-25/h3-13,18-21,35H,14-17H2,1-2H3. The summed E-state index contributed by atoms with van der Waals surface area (Å²) in [6.07, 6.45) is 3.28. The average molecular weight is 647 g/mol. The molecule has 0 atom stereocenters. The van der Waals surface area contributed by atoms with Gasteiger partial charge in [-0.15, -0.1) is 0 Å². The monoisotopic (exact) mass is 646 g/mol. The molecular weight excluding hydrogens is 617 g/mol. The Bertz CT molecular complexity index is 2050. The van der Waals surface area contributed by atoms with Crippen molar-refractivity contribution in [2.75, 3.05) is 50.0 Å². The molecule has 2 aromatic heterocycles. The minimum atomic E-state index is -3.87. The molecule has 14 heteroatoms. The molecule has 0 radical (unpaired) electrons. The first-order valence-corrected chi connectivity index (χ1v) is 16.9.